The molecule has 1 aromatic carbocycles. The van der Waals surface area contributed by atoms with Crippen LogP contribution in [0, 0.1) is 31.6 Å². The van der Waals surface area contributed by atoms with E-state index < -0.39 is 15.5 Å². The fraction of sp³-hybridized carbons (Fsp3) is 0.125. The van der Waals surface area contributed by atoms with Crippen molar-refractivity contribution in [1.82, 2.24) is 0 Å². The summed E-state index contributed by atoms with van der Waals surface area (Å²) in [6, 6.07) is 4.80. The summed E-state index contributed by atoms with van der Waals surface area (Å²) in [6.45, 7) is 1.43. The fourth-order valence-corrected chi connectivity index (χ4v) is 0.941. The number of non-ortho nitro benzene ring substituents is 1. The lowest BCUT2D eigenvalue weighted by Crippen LogP contribution is -1.92. The molecule has 0 aromatic heterocycles. The van der Waals surface area contributed by atoms with Gasteiger partial charge in [-0.2, -0.15) is 5.26 Å². The summed E-state index contributed by atoms with van der Waals surface area (Å²) in [6.07, 6.45) is 0. The second-order valence-corrected chi connectivity index (χ2v) is 2.78. The van der Waals surface area contributed by atoms with Gasteiger partial charge in [-0.3, -0.25) is 20.2 Å². The van der Waals surface area contributed by atoms with Gasteiger partial charge >= 0.3 is 0 Å². The number of nitro benzene ring substituents is 2. The van der Waals surface area contributed by atoms with Crippen molar-refractivity contribution in [2.75, 3.05) is 0 Å². The predicted molar refractivity (Wildman–Crippen MR) is 56.0 cm³/mol. The summed E-state index contributed by atoms with van der Waals surface area (Å²) >= 11 is 5.43. The minimum atomic E-state index is -0.769. The molecular formula is C8H6ClN3O4. The van der Waals surface area contributed by atoms with Crippen molar-refractivity contribution in [2.24, 2.45) is 0 Å². The Bertz CT molecular complexity index is 455. The van der Waals surface area contributed by atoms with Crippen LogP contribution >= 0.6 is 11.6 Å². The Morgan fingerprint density at radius 2 is 1.81 bits per heavy atom. The maximum atomic E-state index is 10.3. The number of benzene rings is 1. The average Bonchev–Trinajstić information content (AvgIpc) is 2.18. The fourth-order valence-electron chi connectivity index (χ4n) is 0.755. The number of nitrogens with zero attached hydrogens (tertiary/aromatic N) is 3. The zero-order chi connectivity index (χ0) is 12.7. The zero-order valence-corrected chi connectivity index (χ0v) is 8.84. The minimum absolute atomic E-state index is 0.115. The van der Waals surface area contributed by atoms with Crippen LogP contribution in [0.2, 0.25) is 5.02 Å². The zero-order valence-electron chi connectivity index (χ0n) is 8.08. The number of hydrogen-bond donors (Lipinski definition) is 0. The van der Waals surface area contributed by atoms with E-state index in [-0.39, 0.29) is 10.7 Å². The predicted octanol–water partition coefficient (Wildman–Crippen LogP) is 2.69. The van der Waals surface area contributed by atoms with E-state index in [9.17, 15) is 20.2 Å². The highest BCUT2D eigenvalue weighted by molar-refractivity contribution is 6.32. The number of halogens is 1. The lowest BCUT2D eigenvalue weighted by molar-refractivity contribution is -0.394. The first-order valence-electron chi connectivity index (χ1n) is 3.83. The maximum absolute atomic E-state index is 10.3. The summed E-state index contributed by atoms with van der Waals surface area (Å²) in [4.78, 5) is 19.0. The van der Waals surface area contributed by atoms with Crippen LogP contribution in [0.3, 0.4) is 0 Å². The van der Waals surface area contributed by atoms with Crippen molar-refractivity contribution >= 4 is 23.0 Å². The van der Waals surface area contributed by atoms with E-state index >= 15 is 0 Å². The molecule has 0 saturated carbocycles. The molecule has 16 heavy (non-hydrogen) atoms. The number of hydrogen-bond acceptors (Lipinski definition) is 5. The lowest BCUT2D eigenvalue weighted by Gasteiger charge is -1.94. The van der Waals surface area contributed by atoms with E-state index in [1.165, 1.54) is 6.92 Å². The molecule has 0 spiro atoms. The molecule has 0 aliphatic rings. The van der Waals surface area contributed by atoms with Crippen LogP contribution in [-0.4, -0.2) is 9.85 Å². The molecule has 0 radical (unpaired) electrons. The topological polar surface area (TPSA) is 110 Å². The molecule has 0 heterocycles. The second-order valence-electron chi connectivity index (χ2n) is 2.37. The van der Waals surface area contributed by atoms with Crippen molar-refractivity contribution in [3.63, 3.8) is 0 Å². The molecule has 7 nitrogen and oxygen atoms in total. The smallest absolute Gasteiger partial charge is 0.258 e. The Kier molecular flexibility index (Phi) is 5.45. The molecule has 0 saturated heterocycles. The van der Waals surface area contributed by atoms with E-state index in [4.69, 9.17) is 16.9 Å². The highest BCUT2D eigenvalue weighted by atomic mass is 35.5. The van der Waals surface area contributed by atoms with Gasteiger partial charge in [-0.05, 0) is 6.07 Å². The van der Waals surface area contributed by atoms with Crippen molar-refractivity contribution in [3.8, 4) is 6.07 Å². The van der Waals surface area contributed by atoms with Crippen LogP contribution in [0.5, 0.6) is 0 Å². The van der Waals surface area contributed by atoms with Gasteiger partial charge in [0.1, 0.15) is 5.02 Å². The van der Waals surface area contributed by atoms with Crippen molar-refractivity contribution in [3.05, 3.63) is 43.5 Å². The third-order valence-corrected chi connectivity index (χ3v) is 1.66. The summed E-state index contributed by atoms with van der Waals surface area (Å²) in [5.41, 5.74) is -0.813. The van der Waals surface area contributed by atoms with Crippen LogP contribution in [-0.2, 0) is 0 Å². The van der Waals surface area contributed by atoms with Crippen LogP contribution < -0.4 is 0 Å². The summed E-state index contributed by atoms with van der Waals surface area (Å²) in [5.74, 6) is 0. The molecular weight excluding hydrogens is 238 g/mol. The third-order valence-electron chi connectivity index (χ3n) is 1.34. The highest BCUT2D eigenvalue weighted by Gasteiger charge is 2.17. The van der Waals surface area contributed by atoms with Crippen LogP contribution in [0.1, 0.15) is 6.92 Å². The van der Waals surface area contributed by atoms with E-state index in [1.807, 2.05) is 0 Å². The third kappa shape index (κ3) is 3.89. The van der Waals surface area contributed by atoms with Crippen LogP contribution in [0.15, 0.2) is 18.2 Å². The van der Waals surface area contributed by atoms with Gasteiger partial charge < -0.3 is 0 Å². The van der Waals surface area contributed by atoms with Crippen molar-refractivity contribution < 1.29 is 9.85 Å². The van der Waals surface area contributed by atoms with Gasteiger partial charge in [-0.25, -0.2) is 0 Å². The Hall–Kier alpha value is -2.20. The van der Waals surface area contributed by atoms with Gasteiger partial charge in [-0.1, -0.05) is 11.6 Å². The molecule has 1 aromatic rings. The van der Waals surface area contributed by atoms with E-state index in [2.05, 4.69) is 0 Å². The summed E-state index contributed by atoms with van der Waals surface area (Å²) in [7, 11) is 0. The van der Waals surface area contributed by atoms with Gasteiger partial charge in [-0.15, -0.1) is 0 Å². The van der Waals surface area contributed by atoms with Crippen LogP contribution in [0.4, 0.5) is 11.4 Å². The Morgan fingerprint density at radius 1 is 1.31 bits per heavy atom. The molecule has 0 fully saturated rings. The largest absolute Gasteiger partial charge is 0.294 e. The summed E-state index contributed by atoms with van der Waals surface area (Å²) in [5, 5.41) is 27.7. The Morgan fingerprint density at radius 3 is 2.19 bits per heavy atom. The maximum Gasteiger partial charge on any atom is 0.294 e. The Balaban J connectivity index is 0.000000673. The number of nitro groups is 2. The molecule has 8 heteroatoms. The highest BCUT2D eigenvalue weighted by Crippen LogP contribution is 2.28. The molecule has 0 aliphatic carbocycles. The van der Waals surface area contributed by atoms with E-state index in [1.54, 1.807) is 6.07 Å². The van der Waals surface area contributed by atoms with Gasteiger partial charge in [0, 0.05) is 13.0 Å². The van der Waals surface area contributed by atoms with Crippen LogP contribution in [0.25, 0.3) is 0 Å². The molecule has 0 N–H and O–H groups in total. The molecule has 0 atom stereocenters. The summed E-state index contributed by atoms with van der Waals surface area (Å²) < 4.78 is 0. The van der Waals surface area contributed by atoms with E-state index in [0.29, 0.717) is 0 Å². The standard InChI is InChI=1S/C6H3ClN2O4.C2H3N/c7-5-2-1-4(8(10)11)3-6(5)9(12)13;1-2-3/h1-3H;1H3. The lowest BCUT2D eigenvalue weighted by atomic mass is 10.3. The average molecular weight is 244 g/mol. The SMILES string of the molecule is CC#N.O=[N+]([O-])c1ccc(Cl)c([N+](=O)[O-])c1. The molecule has 0 bridgehead atoms. The first-order chi connectivity index (χ1) is 7.43. The van der Waals surface area contributed by atoms with E-state index in [0.717, 1.165) is 18.2 Å². The first kappa shape index (κ1) is 13.8. The molecule has 84 valence electrons. The Labute approximate surface area is 95.2 Å². The van der Waals surface area contributed by atoms with Crippen molar-refractivity contribution in [2.45, 2.75) is 6.92 Å². The van der Waals surface area contributed by atoms with Gasteiger partial charge in [0.05, 0.1) is 22.0 Å². The monoisotopic (exact) mass is 243 g/mol. The molecule has 1 rings (SSSR count). The molecule has 0 amide bonds. The normalized spacial score (nSPS) is 8.31. The van der Waals surface area contributed by atoms with Gasteiger partial charge in [0.2, 0.25) is 0 Å². The number of nitriles is 1. The number of rotatable bonds is 2. The first-order valence-corrected chi connectivity index (χ1v) is 4.21. The quantitative estimate of drug-likeness (QED) is 0.586. The molecule has 0 aliphatic heterocycles. The van der Waals surface area contributed by atoms with Crippen molar-refractivity contribution in [1.29, 1.82) is 5.26 Å². The minimum Gasteiger partial charge on any atom is -0.258 e. The second kappa shape index (κ2) is 6.31. The van der Waals surface area contributed by atoms with Gasteiger partial charge in [0.25, 0.3) is 11.4 Å². The van der Waals surface area contributed by atoms with Gasteiger partial charge in [0.15, 0.2) is 0 Å². The molecule has 0 unspecified atom stereocenters.